The maximum Gasteiger partial charge on any atom is 0.211 e. The number of hydrogen-bond acceptors (Lipinski definition) is 4. The molecule has 0 radical (unpaired) electrons. The molecule has 5 nitrogen and oxygen atoms in total. The molecule has 1 fully saturated rings. The van der Waals surface area contributed by atoms with Gasteiger partial charge in [0.25, 0.3) is 0 Å². The molecule has 84 valence electrons. The van der Waals surface area contributed by atoms with Crippen LogP contribution < -0.4 is 5.73 Å². The van der Waals surface area contributed by atoms with Crippen LogP contribution in [0.15, 0.2) is 0 Å². The second kappa shape index (κ2) is 3.77. The molecule has 2 N–H and O–H groups in total. The fraction of sp³-hybridized carbons (Fsp3) is 1.00. The van der Waals surface area contributed by atoms with Gasteiger partial charge < -0.3 is 10.5 Å². The summed E-state index contributed by atoms with van der Waals surface area (Å²) in [7, 11) is -3.18. The Hall–Kier alpha value is -0.170. The topological polar surface area (TPSA) is 72.6 Å². The Kier molecular flexibility index (Phi) is 3.20. The highest BCUT2D eigenvalue weighted by molar-refractivity contribution is 7.88. The van der Waals surface area contributed by atoms with Crippen molar-refractivity contribution in [3.8, 4) is 0 Å². The predicted octanol–water partition coefficient (Wildman–Crippen LogP) is -0.616. The first-order chi connectivity index (χ1) is 6.27. The molecule has 1 atom stereocenters. The highest BCUT2D eigenvalue weighted by Crippen LogP contribution is 2.24. The molecule has 14 heavy (non-hydrogen) atoms. The highest BCUT2D eigenvalue weighted by atomic mass is 32.2. The monoisotopic (exact) mass is 222 g/mol. The summed E-state index contributed by atoms with van der Waals surface area (Å²) in [6.45, 7) is 4.79. The summed E-state index contributed by atoms with van der Waals surface area (Å²) in [6.07, 6.45) is 1.03. The van der Waals surface area contributed by atoms with Gasteiger partial charge in [-0.15, -0.1) is 0 Å². The highest BCUT2D eigenvalue weighted by Gasteiger charge is 2.39. The zero-order valence-electron chi connectivity index (χ0n) is 8.86. The standard InChI is InChI=1S/C8H18N2O3S/c1-8(2)6-13-7(4-9)5-10(8)14(3,11)12/h7H,4-6,9H2,1-3H3. The van der Waals surface area contributed by atoms with Crippen molar-refractivity contribution in [1.29, 1.82) is 0 Å². The summed E-state index contributed by atoms with van der Waals surface area (Å²) in [6, 6.07) is 0. The summed E-state index contributed by atoms with van der Waals surface area (Å²) in [5.74, 6) is 0. The molecule has 0 bridgehead atoms. The van der Waals surface area contributed by atoms with Gasteiger partial charge in [0.05, 0.1) is 24.5 Å². The van der Waals surface area contributed by atoms with Gasteiger partial charge in [-0.25, -0.2) is 8.42 Å². The van der Waals surface area contributed by atoms with Crippen molar-refractivity contribution in [3.05, 3.63) is 0 Å². The van der Waals surface area contributed by atoms with Crippen molar-refractivity contribution >= 4 is 10.0 Å². The van der Waals surface area contributed by atoms with E-state index in [0.717, 1.165) is 0 Å². The van der Waals surface area contributed by atoms with E-state index in [-0.39, 0.29) is 6.10 Å². The van der Waals surface area contributed by atoms with Crippen LogP contribution in [-0.2, 0) is 14.8 Å². The zero-order chi connectivity index (χ0) is 11.0. The van der Waals surface area contributed by atoms with E-state index < -0.39 is 15.6 Å². The van der Waals surface area contributed by atoms with Crippen molar-refractivity contribution < 1.29 is 13.2 Å². The Labute approximate surface area is 85.3 Å². The third kappa shape index (κ3) is 2.44. The number of nitrogens with zero attached hydrogens (tertiary/aromatic N) is 1. The van der Waals surface area contributed by atoms with Crippen molar-refractivity contribution in [1.82, 2.24) is 4.31 Å². The van der Waals surface area contributed by atoms with Gasteiger partial charge in [0, 0.05) is 13.1 Å². The van der Waals surface area contributed by atoms with Crippen LogP contribution in [0.2, 0.25) is 0 Å². The molecule has 0 saturated carbocycles. The van der Waals surface area contributed by atoms with Crippen molar-refractivity contribution in [3.63, 3.8) is 0 Å². The Morgan fingerprint density at radius 2 is 2.14 bits per heavy atom. The van der Waals surface area contributed by atoms with Gasteiger partial charge in [0.15, 0.2) is 0 Å². The number of nitrogens with two attached hydrogens (primary N) is 1. The zero-order valence-corrected chi connectivity index (χ0v) is 9.67. The lowest BCUT2D eigenvalue weighted by atomic mass is 10.0. The lowest BCUT2D eigenvalue weighted by molar-refractivity contribution is -0.0587. The molecule has 0 aromatic carbocycles. The summed E-state index contributed by atoms with van der Waals surface area (Å²) >= 11 is 0. The first-order valence-electron chi connectivity index (χ1n) is 4.57. The van der Waals surface area contributed by atoms with Crippen molar-refractivity contribution in [2.45, 2.75) is 25.5 Å². The molecule has 1 saturated heterocycles. The van der Waals surface area contributed by atoms with Gasteiger partial charge in [-0.05, 0) is 13.8 Å². The SMILES string of the molecule is CC1(C)COC(CN)CN1S(C)(=O)=O. The quantitative estimate of drug-likeness (QED) is 0.676. The number of morpholine rings is 1. The molecular weight excluding hydrogens is 204 g/mol. The molecule has 0 aromatic rings. The molecule has 0 amide bonds. The predicted molar refractivity (Wildman–Crippen MR) is 54.4 cm³/mol. The summed E-state index contributed by atoms with van der Waals surface area (Å²) < 4.78 is 29.9. The second-order valence-electron chi connectivity index (χ2n) is 4.28. The van der Waals surface area contributed by atoms with E-state index in [1.54, 1.807) is 0 Å². The van der Waals surface area contributed by atoms with Gasteiger partial charge in [0.1, 0.15) is 0 Å². The molecule has 1 heterocycles. The average molecular weight is 222 g/mol. The van der Waals surface area contributed by atoms with E-state index in [1.165, 1.54) is 10.6 Å². The Morgan fingerprint density at radius 1 is 1.57 bits per heavy atom. The minimum Gasteiger partial charge on any atom is -0.374 e. The molecule has 6 heteroatoms. The van der Waals surface area contributed by atoms with Crippen LogP contribution in [0.1, 0.15) is 13.8 Å². The van der Waals surface area contributed by atoms with Gasteiger partial charge in [-0.2, -0.15) is 4.31 Å². The van der Waals surface area contributed by atoms with Crippen molar-refractivity contribution in [2.24, 2.45) is 5.73 Å². The molecule has 1 aliphatic rings. The number of hydrogen-bond donors (Lipinski definition) is 1. The van der Waals surface area contributed by atoms with Crippen molar-refractivity contribution in [2.75, 3.05) is 26.0 Å². The van der Waals surface area contributed by atoms with Crippen LogP contribution in [0.3, 0.4) is 0 Å². The van der Waals surface area contributed by atoms with Crippen LogP contribution in [0, 0.1) is 0 Å². The Balaban J connectivity index is 2.88. The van der Waals surface area contributed by atoms with E-state index in [1.807, 2.05) is 13.8 Å². The first kappa shape index (κ1) is 11.9. The number of sulfonamides is 1. The van der Waals surface area contributed by atoms with Gasteiger partial charge in [-0.3, -0.25) is 0 Å². The summed E-state index contributed by atoms with van der Waals surface area (Å²) in [5, 5.41) is 0. The largest absolute Gasteiger partial charge is 0.374 e. The maximum absolute atomic E-state index is 11.5. The Morgan fingerprint density at radius 3 is 2.57 bits per heavy atom. The Bertz CT molecular complexity index is 300. The fourth-order valence-electron chi connectivity index (χ4n) is 1.61. The van der Waals surface area contributed by atoms with E-state index in [0.29, 0.717) is 19.7 Å². The lowest BCUT2D eigenvalue weighted by Crippen LogP contribution is -2.59. The molecule has 0 aromatic heterocycles. The summed E-state index contributed by atoms with van der Waals surface area (Å²) in [5.41, 5.74) is 4.98. The minimum absolute atomic E-state index is 0.183. The second-order valence-corrected chi connectivity index (χ2v) is 6.18. The fourth-order valence-corrected chi connectivity index (χ4v) is 2.99. The smallest absolute Gasteiger partial charge is 0.211 e. The van der Waals surface area contributed by atoms with Crippen LogP contribution in [-0.4, -0.2) is 50.3 Å². The van der Waals surface area contributed by atoms with Gasteiger partial charge in [-0.1, -0.05) is 0 Å². The van der Waals surface area contributed by atoms with Crippen LogP contribution in [0.4, 0.5) is 0 Å². The summed E-state index contributed by atoms with van der Waals surface area (Å²) in [4.78, 5) is 0. The molecule has 1 unspecified atom stereocenters. The van der Waals surface area contributed by atoms with Gasteiger partial charge >= 0.3 is 0 Å². The third-order valence-electron chi connectivity index (χ3n) is 2.38. The van der Waals surface area contributed by atoms with Gasteiger partial charge in [0.2, 0.25) is 10.0 Å². The number of rotatable bonds is 2. The van der Waals surface area contributed by atoms with Crippen LogP contribution in [0.5, 0.6) is 0 Å². The van der Waals surface area contributed by atoms with Crippen LogP contribution in [0.25, 0.3) is 0 Å². The molecule has 1 aliphatic heterocycles. The minimum atomic E-state index is -3.18. The first-order valence-corrected chi connectivity index (χ1v) is 6.41. The normalized spacial score (nSPS) is 29.0. The van der Waals surface area contributed by atoms with E-state index in [4.69, 9.17) is 10.5 Å². The number of ether oxygens (including phenoxy) is 1. The van der Waals surface area contributed by atoms with E-state index in [2.05, 4.69) is 0 Å². The molecule has 0 spiro atoms. The third-order valence-corrected chi connectivity index (χ3v) is 3.82. The molecule has 0 aliphatic carbocycles. The van der Waals surface area contributed by atoms with E-state index >= 15 is 0 Å². The lowest BCUT2D eigenvalue weighted by Gasteiger charge is -2.43. The van der Waals surface area contributed by atoms with Crippen LogP contribution >= 0.6 is 0 Å². The van der Waals surface area contributed by atoms with E-state index in [9.17, 15) is 8.42 Å². The molecule has 1 rings (SSSR count). The average Bonchev–Trinajstić information content (AvgIpc) is 2.01. The maximum atomic E-state index is 11.5. The molecular formula is C8H18N2O3S.